The van der Waals surface area contributed by atoms with Gasteiger partial charge in [-0.2, -0.15) is 26.3 Å². The fraction of sp³-hybridized carbons (Fsp3) is 0.333. The summed E-state index contributed by atoms with van der Waals surface area (Å²) >= 11 is 0. The molecule has 0 spiro atoms. The molecule has 10 heteroatoms. The summed E-state index contributed by atoms with van der Waals surface area (Å²) < 4.78 is 95.9. The minimum absolute atomic E-state index is 0.595. The maximum absolute atomic E-state index is 12.5. The smallest absolute Gasteiger partial charge is 0.203 e. The summed E-state index contributed by atoms with van der Waals surface area (Å²) in [6.45, 7) is -1.10. The molecule has 0 aliphatic heterocycles. The van der Waals surface area contributed by atoms with Crippen LogP contribution < -0.4 is 4.72 Å². The van der Waals surface area contributed by atoms with Crippen LogP contribution in [-0.2, 0) is 22.7 Å². The molecule has 19 heavy (non-hydrogen) atoms. The van der Waals surface area contributed by atoms with Crippen molar-refractivity contribution in [3.63, 3.8) is 0 Å². The van der Waals surface area contributed by atoms with E-state index in [9.17, 15) is 34.8 Å². The Labute approximate surface area is 104 Å². The predicted octanol–water partition coefficient (Wildman–Crippen LogP) is 2.64. The molecule has 1 N–H and O–H groups in total. The van der Waals surface area contributed by atoms with Crippen LogP contribution in [-0.4, -0.2) is 13.9 Å². The van der Waals surface area contributed by atoms with E-state index < -0.39 is 39.4 Å². The van der Waals surface area contributed by atoms with E-state index in [1.54, 1.807) is 0 Å². The highest BCUT2D eigenvalue weighted by Gasteiger charge is 2.45. The molecular weight excluding hydrogens is 300 g/mol. The average Bonchev–Trinajstić information content (AvgIpc) is 2.24. The van der Waals surface area contributed by atoms with E-state index in [-0.39, 0.29) is 0 Å². The number of halogens is 6. The zero-order valence-corrected chi connectivity index (χ0v) is 9.83. The Morgan fingerprint density at radius 2 is 1.53 bits per heavy atom. The van der Waals surface area contributed by atoms with Crippen LogP contribution in [0, 0.1) is 0 Å². The lowest BCUT2D eigenvalue weighted by Gasteiger charge is -2.14. The first-order chi connectivity index (χ1) is 8.45. The third kappa shape index (κ3) is 3.83. The van der Waals surface area contributed by atoms with E-state index in [4.69, 9.17) is 0 Å². The van der Waals surface area contributed by atoms with Crippen molar-refractivity contribution < 1.29 is 34.8 Å². The zero-order valence-electron chi connectivity index (χ0n) is 9.01. The molecule has 0 atom stereocenters. The van der Waals surface area contributed by atoms with Crippen LogP contribution in [0.2, 0.25) is 0 Å². The van der Waals surface area contributed by atoms with Crippen LogP contribution in [0.15, 0.2) is 24.3 Å². The number of nitrogens with one attached hydrogen (secondary N) is 1. The maximum Gasteiger partial charge on any atom is 0.511 e. The monoisotopic (exact) mass is 307 g/mol. The zero-order chi connectivity index (χ0) is 14.9. The fourth-order valence-electron chi connectivity index (χ4n) is 1.21. The van der Waals surface area contributed by atoms with Crippen molar-refractivity contribution in [3.8, 4) is 0 Å². The van der Waals surface area contributed by atoms with Crippen LogP contribution in [0.3, 0.4) is 0 Å². The van der Waals surface area contributed by atoms with Crippen LogP contribution in [0.4, 0.5) is 26.3 Å². The van der Waals surface area contributed by atoms with Gasteiger partial charge in [0, 0.05) is 6.54 Å². The number of benzene rings is 1. The van der Waals surface area contributed by atoms with E-state index in [0.29, 0.717) is 6.07 Å². The summed E-state index contributed by atoms with van der Waals surface area (Å²) in [5.41, 5.74) is -7.36. The fourth-order valence-corrected chi connectivity index (χ4v) is 1.71. The molecule has 3 nitrogen and oxygen atoms in total. The van der Waals surface area contributed by atoms with E-state index in [1.807, 2.05) is 0 Å². The summed E-state index contributed by atoms with van der Waals surface area (Å²) in [7, 11) is -5.68. The van der Waals surface area contributed by atoms with Crippen molar-refractivity contribution in [2.45, 2.75) is 18.2 Å². The molecule has 0 saturated carbocycles. The van der Waals surface area contributed by atoms with Crippen molar-refractivity contribution in [2.75, 3.05) is 0 Å². The van der Waals surface area contributed by atoms with Crippen molar-refractivity contribution in [1.82, 2.24) is 4.72 Å². The lowest BCUT2D eigenvalue weighted by molar-refractivity contribution is -0.138. The molecule has 0 saturated heterocycles. The van der Waals surface area contributed by atoms with Crippen LogP contribution in [0.1, 0.15) is 11.1 Å². The van der Waals surface area contributed by atoms with E-state index in [1.165, 1.54) is 0 Å². The first kappa shape index (κ1) is 15.8. The average molecular weight is 307 g/mol. The van der Waals surface area contributed by atoms with Gasteiger partial charge in [0.1, 0.15) is 0 Å². The van der Waals surface area contributed by atoms with Gasteiger partial charge in [0.05, 0.1) is 5.56 Å². The highest BCUT2D eigenvalue weighted by molar-refractivity contribution is 7.90. The number of sulfonamides is 1. The van der Waals surface area contributed by atoms with Crippen molar-refractivity contribution in [2.24, 2.45) is 0 Å². The molecule has 0 aliphatic carbocycles. The van der Waals surface area contributed by atoms with E-state index in [2.05, 4.69) is 0 Å². The second-order valence-electron chi connectivity index (χ2n) is 3.43. The molecule has 0 radical (unpaired) electrons. The highest BCUT2D eigenvalue weighted by Crippen LogP contribution is 2.32. The van der Waals surface area contributed by atoms with Gasteiger partial charge in [0.25, 0.3) is 0 Å². The molecule has 0 bridgehead atoms. The Hall–Kier alpha value is -1.29. The molecule has 0 fully saturated rings. The van der Waals surface area contributed by atoms with Crippen LogP contribution >= 0.6 is 0 Å². The predicted molar refractivity (Wildman–Crippen MR) is 53.3 cm³/mol. The Bertz CT molecular complexity index is 549. The third-order valence-electron chi connectivity index (χ3n) is 2.08. The summed E-state index contributed by atoms with van der Waals surface area (Å²) in [4.78, 5) is 0. The number of hydrogen-bond donors (Lipinski definition) is 1. The van der Waals surface area contributed by atoms with Gasteiger partial charge in [-0.25, -0.2) is 13.1 Å². The van der Waals surface area contributed by atoms with Gasteiger partial charge < -0.3 is 0 Å². The first-order valence-electron chi connectivity index (χ1n) is 4.66. The standard InChI is InChI=1S/C9H7F6NO2S/c10-8(11,12)7-4-2-1-3-6(7)5-16-19(17,18)9(13,14)15/h1-4,16H,5H2. The summed E-state index contributed by atoms with van der Waals surface area (Å²) in [6, 6.07) is 3.75. The second-order valence-corrected chi connectivity index (χ2v) is 5.18. The van der Waals surface area contributed by atoms with Crippen LogP contribution in [0.25, 0.3) is 0 Å². The minimum atomic E-state index is -5.68. The number of hydrogen-bond acceptors (Lipinski definition) is 2. The molecule has 1 aromatic rings. The minimum Gasteiger partial charge on any atom is -0.203 e. The summed E-state index contributed by atoms with van der Waals surface area (Å²) in [5.74, 6) is 0. The van der Waals surface area contributed by atoms with Gasteiger partial charge in [0.2, 0.25) is 0 Å². The molecule has 0 amide bonds. The normalized spacial score (nSPS) is 13.6. The highest BCUT2D eigenvalue weighted by atomic mass is 32.2. The van der Waals surface area contributed by atoms with Gasteiger partial charge in [-0.1, -0.05) is 18.2 Å². The number of alkyl halides is 6. The molecule has 0 aromatic heterocycles. The molecule has 108 valence electrons. The Balaban J connectivity index is 2.98. The van der Waals surface area contributed by atoms with Crippen molar-refractivity contribution in [1.29, 1.82) is 0 Å². The molecule has 1 aromatic carbocycles. The Morgan fingerprint density at radius 3 is 2.00 bits per heavy atom. The van der Waals surface area contributed by atoms with Gasteiger partial charge in [-0.05, 0) is 11.6 Å². The van der Waals surface area contributed by atoms with Crippen molar-refractivity contribution >= 4 is 10.0 Å². The van der Waals surface area contributed by atoms with Gasteiger partial charge >= 0.3 is 21.7 Å². The summed E-state index contributed by atoms with van der Waals surface area (Å²) in [6.07, 6.45) is -4.78. The molecule has 0 heterocycles. The van der Waals surface area contributed by atoms with Gasteiger partial charge in [-0.3, -0.25) is 0 Å². The van der Waals surface area contributed by atoms with Gasteiger partial charge in [0.15, 0.2) is 0 Å². The lowest BCUT2D eigenvalue weighted by atomic mass is 10.1. The Kier molecular flexibility index (Phi) is 4.15. The third-order valence-corrected chi connectivity index (χ3v) is 3.21. The molecule has 1 rings (SSSR count). The van der Waals surface area contributed by atoms with Crippen LogP contribution in [0.5, 0.6) is 0 Å². The van der Waals surface area contributed by atoms with Gasteiger partial charge in [-0.15, -0.1) is 0 Å². The lowest BCUT2D eigenvalue weighted by Crippen LogP contribution is -2.36. The first-order valence-corrected chi connectivity index (χ1v) is 6.14. The largest absolute Gasteiger partial charge is 0.511 e. The van der Waals surface area contributed by atoms with Crippen molar-refractivity contribution in [3.05, 3.63) is 35.4 Å². The molecule has 0 unspecified atom stereocenters. The van der Waals surface area contributed by atoms with E-state index in [0.717, 1.165) is 22.9 Å². The maximum atomic E-state index is 12.5. The molecular formula is C9H7F6NO2S. The SMILES string of the molecule is O=S(=O)(NCc1ccccc1C(F)(F)F)C(F)(F)F. The summed E-state index contributed by atoms with van der Waals surface area (Å²) in [5, 5.41) is 0. The molecule has 0 aliphatic rings. The van der Waals surface area contributed by atoms with E-state index >= 15 is 0 Å². The topological polar surface area (TPSA) is 46.2 Å². The Morgan fingerprint density at radius 1 is 1.00 bits per heavy atom. The second kappa shape index (κ2) is 5.00. The quantitative estimate of drug-likeness (QED) is 0.873. The number of rotatable bonds is 3.